The van der Waals surface area contributed by atoms with Crippen LogP contribution >= 0.6 is 35.3 Å². The number of anilines is 3. The lowest BCUT2D eigenvalue weighted by Gasteiger charge is -2.25. The van der Waals surface area contributed by atoms with Crippen LogP contribution in [0.3, 0.4) is 0 Å². The van der Waals surface area contributed by atoms with Crippen molar-refractivity contribution in [2.24, 2.45) is 0 Å². The van der Waals surface area contributed by atoms with Crippen molar-refractivity contribution in [2.45, 2.75) is 43.4 Å². The molecule has 12 heteroatoms. The first-order valence-corrected chi connectivity index (χ1v) is 15.1. The molecule has 0 saturated heterocycles. The van der Waals surface area contributed by atoms with E-state index in [4.69, 9.17) is 21.7 Å². The monoisotopic (exact) mass is 612 g/mol. The fourth-order valence-corrected chi connectivity index (χ4v) is 6.93. The zero-order chi connectivity index (χ0) is 29.5. The molecule has 2 amide bonds. The lowest BCUT2D eigenvalue weighted by molar-refractivity contribution is -0.129. The third-order valence-corrected chi connectivity index (χ3v) is 9.21. The van der Waals surface area contributed by atoms with Crippen molar-refractivity contribution in [1.82, 2.24) is 4.90 Å². The number of hydrogen-bond acceptors (Lipinski definition) is 8. The predicted molar refractivity (Wildman–Crippen MR) is 168 cm³/mol. The van der Waals surface area contributed by atoms with Gasteiger partial charge in [-0.05, 0) is 61.0 Å². The zero-order valence-electron chi connectivity index (χ0n) is 23.2. The SMILES string of the molecule is CCC(Sc1cccc(NC(=S)Nc2ccccc2OC)c1)C(=O)Nc1sc2c(c1C(=O)OC)CCN(C(C)=O)C2. The van der Waals surface area contributed by atoms with Gasteiger partial charge in [0.25, 0.3) is 0 Å². The number of nitrogens with one attached hydrogen (secondary N) is 3. The number of benzene rings is 2. The van der Waals surface area contributed by atoms with Crippen LogP contribution in [-0.2, 0) is 27.3 Å². The Balaban J connectivity index is 1.45. The van der Waals surface area contributed by atoms with Gasteiger partial charge >= 0.3 is 5.97 Å². The van der Waals surface area contributed by atoms with E-state index in [9.17, 15) is 14.4 Å². The standard InChI is InChI=1S/C29H32N4O5S3/c1-5-23(26(35)32-27-25(28(36)38-4)20-13-14-33(17(2)34)16-24(20)41-27)40-19-10-8-9-18(15-19)30-29(39)31-21-11-6-7-12-22(21)37-3/h6-12,15,23H,5,13-14,16H2,1-4H3,(H,32,35)(H2,30,31,39). The third kappa shape index (κ3) is 7.38. The highest BCUT2D eigenvalue weighted by Crippen LogP contribution is 2.38. The molecule has 1 unspecified atom stereocenters. The molecule has 0 saturated carbocycles. The summed E-state index contributed by atoms with van der Waals surface area (Å²) in [5, 5.41) is 9.75. The summed E-state index contributed by atoms with van der Waals surface area (Å²) in [4.78, 5) is 41.5. The quantitative estimate of drug-likeness (QED) is 0.158. The van der Waals surface area contributed by atoms with Crippen molar-refractivity contribution >= 4 is 74.6 Å². The molecule has 216 valence electrons. The number of amides is 2. The summed E-state index contributed by atoms with van der Waals surface area (Å²) in [5.74, 6) is -0.0525. The second-order valence-corrected chi connectivity index (χ2v) is 12.0. The second kappa shape index (κ2) is 13.8. The van der Waals surface area contributed by atoms with Crippen LogP contribution in [0, 0.1) is 0 Å². The Kier molecular flexibility index (Phi) is 10.2. The minimum atomic E-state index is -0.494. The number of nitrogens with zero attached hydrogens (tertiary/aromatic N) is 1. The Morgan fingerprint density at radius 3 is 2.59 bits per heavy atom. The molecule has 2 aromatic carbocycles. The molecule has 3 N–H and O–H groups in total. The summed E-state index contributed by atoms with van der Waals surface area (Å²) in [6.07, 6.45) is 1.10. The number of esters is 1. The first-order chi connectivity index (χ1) is 19.7. The average Bonchev–Trinajstić information content (AvgIpc) is 3.32. The van der Waals surface area contributed by atoms with Gasteiger partial charge in [-0.25, -0.2) is 4.79 Å². The van der Waals surface area contributed by atoms with Gasteiger partial charge in [-0.15, -0.1) is 23.1 Å². The summed E-state index contributed by atoms with van der Waals surface area (Å²) >= 11 is 8.24. The summed E-state index contributed by atoms with van der Waals surface area (Å²) in [5.41, 5.74) is 2.74. The molecule has 41 heavy (non-hydrogen) atoms. The van der Waals surface area contributed by atoms with Gasteiger partial charge in [0.15, 0.2) is 5.11 Å². The Labute approximate surface area is 253 Å². The maximum absolute atomic E-state index is 13.4. The first-order valence-electron chi connectivity index (χ1n) is 13.0. The third-order valence-electron chi connectivity index (χ3n) is 6.52. The first kappa shape index (κ1) is 30.4. The average molecular weight is 613 g/mol. The van der Waals surface area contributed by atoms with Crippen molar-refractivity contribution in [3.63, 3.8) is 0 Å². The van der Waals surface area contributed by atoms with Gasteiger partial charge in [-0.1, -0.05) is 25.1 Å². The number of thiocarbonyl (C=S) groups is 1. The lowest BCUT2D eigenvalue weighted by Crippen LogP contribution is -2.34. The minimum Gasteiger partial charge on any atom is -0.495 e. The number of rotatable bonds is 9. The Hall–Kier alpha value is -3.61. The number of methoxy groups -OCH3 is 2. The number of carbonyl (C=O) groups is 3. The summed E-state index contributed by atoms with van der Waals surface area (Å²) in [6, 6.07) is 15.1. The fraction of sp³-hybridized carbons (Fsp3) is 0.310. The van der Waals surface area contributed by atoms with Gasteiger partial charge < -0.3 is 30.3 Å². The molecule has 3 aromatic rings. The summed E-state index contributed by atoms with van der Waals surface area (Å²) in [7, 11) is 2.93. The molecule has 2 heterocycles. The largest absolute Gasteiger partial charge is 0.495 e. The lowest BCUT2D eigenvalue weighted by atomic mass is 10.0. The van der Waals surface area contributed by atoms with Gasteiger partial charge in [0.05, 0.1) is 37.3 Å². The summed E-state index contributed by atoms with van der Waals surface area (Å²) < 4.78 is 10.4. The molecule has 0 fully saturated rings. The number of thiophene rings is 1. The van der Waals surface area contributed by atoms with E-state index in [1.54, 1.807) is 12.0 Å². The highest BCUT2D eigenvalue weighted by atomic mass is 32.2. The number of ether oxygens (including phenoxy) is 2. The molecular formula is C29H32N4O5S3. The van der Waals surface area contributed by atoms with Gasteiger partial charge in [0, 0.05) is 28.9 Å². The molecule has 0 radical (unpaired) electrons. The van der Waals surface area contributed by atoms with E-state index < -0.39 is 11.2 Å². The Morgan fingerprint density at radius 2 is 1.88 bits per heavy atom. The smallest absolute Gasteiger partial charge is 0.341 e. The van der Waals surface area contributed by atoms with Crippen LogP contribution in [0.15, 0.2) is 53.4 Å². The van der Waals surface area contributed by atoms with E-state index >= 15 is 0 Å². The van der Waals surface area contributed by atoms with E-state index in [-0.39, 0.29) is 11.8 Å². The molecule has 4 rings (SSSR count). The zero-order valence-corrected chi connectivity index (χ0v) is 25.7. The fourth-order valence-electron chi connectivity index (χ4n) is 4.44. The number of thioether (sulfide) groups is 1. The second-order valence-electron chi connectivity index (χ2n) is 9.20. The molecular weight excluding hydrogens is 581 g/mol. The van der Waals surface area contributed by atoms with E-state index in [2.05, 4.69) is 16.0 Å². The van der Waals surface area contributed by atoms with Crippen molar-refractivity contribution in [1.29, 1.82) is 0 Å². The van der Waals surface area contributed by atoms with Crippen LogP contribution in [0.5, 0.6) is 5.75 Å². The molecule has 9 nitrogen and oxygen atoms in total. The molecule has 1 aliphatic rings. The van der Waals surface area contributed by atoms with Crippen LogP contribution in [-0.4, -0.2) is 53.8 Å². The summed E-state index contributed by atoms with van der Waals surface area (Å²) in [6.45, 7) is 4.40. The molecule has 0 bridgehead atoms. The highest BCUT2D eigenvalue weighted by molar-refractivity contribution is 8.00. The number of carbonyl (C=O) groups excluding carboxylic acids is 3. The predicted octanol–water partition coefficient (Wildman–Crippen LogP) is 5.77. The van der Waals surface area contributed by atoms with Crippen molar-refractivity contribution in [3.8, 4) is 5.75 Å². The maximum Gasteiger partial charge on any atom is 0.341 e. The van der Waals surface area contributed by atoms with Gasteiger partial charge in [0.1, 0.15) is 10.8 Å². The van der Waals surface area contributed by atoms with Crippen molar-refractivity contribution < 1.29 is 23.9 Å². The Bertz CT molecular complexity index is 1460. The van der Waals surface area contributed by atoms with Crippen LogP contribution in [0.25, 0.3) is 0 Å². The van der Waals surface area contributed by atoms with Crippen LogP contribution in [0.1, 0.15) is 41.1 Å². The van der Waals surface area contributed by atoms with Crippen molar-refractivity contribution in [3.05, 3.63) is 64.5 Å². The van der Waals surface area contributed by atoms with Crippen LogP contribution < -0.4 is 20.7 Å². The topological polar surface area (TPSA) is 109 Å². The minimum absolute atomic E-state index is 0.0234. The molecule has 1 aliphatic heterocycles. The highest BCUT2D eigenvalue weighted by Gasteiger charge is 2.31. The number of fused-ring (bicyclic) bond motifs is 1. The molecule has 1 atom stereocenters. The van der Waals surface area contributed by atoms with Crippen molar-refractivity contribution in [2.75, 3.05) is 36.7 Å². The van der Waals surface area contributed by atoms with E-state index in [1.807, 2.05) is 55.5 Å². The molecule has 0 spiro atoms. The van der Waals surface area contributed by atoms with E-state index in [0.29, 0.717) is 47.4 Å². The Morgan fingerprint density at radius 1 is 1.10 bits per heavy atom. The normalized spacial score (nSPS) is 13.0. The molecule has 0 aliphatic carbocycles. The van der Waals surface area contributed by atoms with Crippen LogP contribution in [0.4, 0.5) is 16.4 Å². The van der Waals surface area contributed by atoms with Gasteiger partial charge in [0.2, 0.25) is 11.8 Å². The van der Waals surface area contributed by atoms with E-state index in [1.165, 1.54) is 37.1 Å². The van der Waals surface area contributed by atoms with Crippen LogP contribution in [0.2, 0.25) is 0 Å². The number of hydrogen-bond donors (Lipinski definition) is 3. The van der Waals surface area contributed by atoms with Gasteiger partial charge in [-0.3, -0.25) is 9.59 Å². The number of para-hydroxylation sites is 2. The molecule has 1 aromatic heterocycles. The maximum atomic E-state index is 13.4. The van der Waals surface area contributed by atoms with Gasteiger partial charge in [-0.2, -0.15) is 0 Å². The van der Waals surface area contributed by atoms with E-state index in [0.717, 1.165) is 26.7 Å².